The molecule has 7 heteroatoms. The molecule has 1 heterocycles. The molecule has 3 rings (SSSR count). The van der Waals surface area contributed by atoms with Crippen molar-refractivity contribution in [2.75, 3.05) is 58.5 Å². The number of benzene rings is 1. The summed E-state index contributed by atoms with van der Waals surface area (Å²) in [5, 5.41) is 7.01. The van der Waals surface area contributed by atoms with Crippen LogP contribution in [0.2, 0.25) is 0 Å². The molecule has 1 saturated heterocycles. The third-order valence-electron chi connectivity index (χ3n) is 6.43. The molecule has 1 atom stereocenters. The van der Waals surface area contributed by atoms with E-state index in [0.717, 1.165) is 57.5 Å². The average Bonchev–Trinajstić information content (AvgIpc) is 3.20. The van der Waals surface area contributed by atoms with E-state index in [4.69, 9.17) is 14.5 Å². The average molecular weight is 530 g/mol. The molecule has 1 aromatic rings. The second kappa shape index (κ2) is 12.6. The Hall–Kier alpha value is -1.22. The first-order valence-electron chi connectivity index (χ1n) is 11.1. The zero-order valence-corrected chi connectivity index (χ0v) is 21.1. The van der Waals surface area contributed by atoms with Gasteiger partial charge in [0.1, 0.15) is 5.75 Å². The first-order valence-corrected chi connectivity index (χ1v) is 11.1. The minimum absolute atomic E-state index is 0. The Balaban J connectivity index is 0.00000320. The SMILES string of the molecule is CCNC(=NCC1(CCOC)CCC1)NCC1CCN(c2cccc(OC)c2)C1.I. The fourth-order valence-electron chi connectivity index (χ4n) is 4.35. The van der Waals surface area contributed by atoms with Gasteiger partial charge in [-0.15, -0.1) is 24.0 Å². The van der Waals surface area contributed by atoms with Gasteiger partial charge in [0.15, 0.2) is 5.96 Å². The van der Waals surface area contributed by atoms with Crippen molar-refractivity contribution < 1.29 is 9.47 Å². The summed E-state index contributed by atoms with van der Waals surface area (Å²) in [5.41, 5.74) is 1.60. The van der Waals surface area contributed by atoms with Gasteiger partial charge in [-0.2, -0.15) is 0 Å². The quantitative estimate of drug-likeness (QED) is 0.273. The lowest BCUT2D eigenvalue weighted by molar-refractivity contribution is 0.0778. The number of rotatable bonds is 10. The zero-order valence-electron chi connectivity index (χ0n) is 18.8. The lowest BCUT2D eigenvalue weighted by atomic mass is 9.67. The highest BCUT2D eigenvalue weighted by Crippen LogP contribution is 2.44. The number of hydrogen-bond acceptors (Lipinski definition) is 4. The smallest absolute Gasteiger partial charge is 0.191 e. The number of nitrogens with one attached hydrogen (secondary N) is 2. The first kappa shape index (κ1) is 25.0. The van der Waals surface area contributed by atoms with E-state index in [0.29, 0.717) is 11.3 Å². The molecule has 1 aliphatic carbocycles. The molecule has 1 saturated carbocycles. The topological polar surface area (TPSA) is 58.1 Å². The van der Waals surface area contributed by atoms with Crippen molar-refractivity contribution in [1.29, 1.82) is 0 Å². The van der Waals surface area contributed by atoms with Crippen molar-refractivity contribution >= 4 is 35.6 Å². The fraction of sp³-hybridized carbons (Fsp3) is 0.696. The van der Waals surface area contributed by atoms with Crippen molar-refractivity contribution in [3.05, 3.63) is 24.3 Å². The summed E-state index contributed by atoms with van der Waals surface area (Å²) < 4.78 is 10.7. The van der Waals surface area contributed by atoms with E-state index in [2.05, 4.69) is 40.7 Å². The summed E-state index contributed by atoms with van der Waals surface area (Å²) >= 11 is 0. The molecular formula is C23H39IN4O2. The van der Waals surface area contributed by atoms with Crippen LogP contribution in [-0.2, 0) is 4.74 Å². The second-order valence-corrected chi connectivity index (χ2v) is 8.47. The summed E-state index contributed by atoms with van der Waals surface area (Å²) in [6.07, 6.45) is 6.19. The summed E-state index contributed by atoms with van der Waals surface area (Å²) in [7, 11) is 3.51. The first-order chi connectivity index (χ1) is 14.2. The number of nitrogens with zero attached hydrogens (tertiary/aromatic N) is 2. The number of hydrogen-bond donors (Lipinski definition) is 2. The van der Waals surface area contributed by atoms with Crippen LogP contribution in [-0.4, -0.2) is 59.5 Å². The number of methoxy groups -OCH3 is 2. The molecule has 2 N–H and O–H groups in total. The molecule has 0 bridgehead atoms. The van der Waals surface area contributed by atoms with Gasteiger partial charge in [-0.3, -0.25) is 4.99 Å². The van der Waals surface area contributed by atoms with Crippen molar-refractivity contribution in [1.82, 2.24) is 10.6 Å². The summed E-state index contributed by atoms with van der Waals surface area (Å²) in [5.74, 6) is 2.50. The van der Waals surface area contributed by atoms with Crippen molar-refractivity contribution in [3.8, 4) is 5.75 Å². The molecular weight excluding hydrogens is 491 g/mol. The molecule has 2 fully saturated rings. The third kappa shape index (κ3) is 6.90. The largest absolute Gasteiger partial charge is 0.497 e. The van der Waals surface area contributed by atoms with Gasteiger partial charge in [0.05, 0.1) is 7.11 Å². The van der Waals surface area contributed by atoms with Crippen LogP contribution >= 0.6 is 24.0 Å². The van der Waals surface area contributed by atoms with Crippen LogP contribution < -0.4 is 20.3 Å². The maximum absolute atomic E-state index is 5.37. The molecule has 1 unspecified atom stereocenters. The van der Waals surface area contributed by atoms with E-state index in [1.807, 2.05) is 6.07 Å². The number of ether oxygens (including phenoxy) is 2. The number of anilines is 1. The van der Waals surface area contributed by atoms with Crippen LogP contribution in [0.15, 0.2) is 29.3 Å². The van der Waals surface area contributed by atoms with Gasteiger partial charge in [0, 0.05) is 58.2 Å². The molecule has 6 nitrogen and oxygen atoms in total. The molecule has 1 aliphatic heterocycles. The molecule has 2 aliphatic rings. The lowest BCUT2D eigenvalue weighted by Gasteiger charge is -2.40. The Labute approximate surface area is 199 Å². The maximum atomic E-state index is 5.37. The van der Waals surface area contributed by atoms with Crippen LogP contribution in [0.5, 0.6) is 5.75 Å². The van der Waals surface area contributed by atoms with E-state index in [1.54, 1.807) is 14.2 Å². The molecule has 170 valence electrons. The van der Waals surface area contributed by atoms with Crippen LogP contribution in [0.25, 0.3) is 0 Å². The summed E-state index contributed by atoms with van der Waals surface area (Å²) in [6, 6.07) is 8.36. The monoisotopic (exact) mass is 530 g/mol. The molecule has 0 spiro atoms. The van der Waals surface area contributed by atoms with Gasteiger partial charge in [0.25, 0.3) is 0 Å². The van der Waals surface area contributed by atoms with E-state index >= 15 is 0 Å². The Morgan fingerprint density at radius 3 is 2.77 bits per heavy atom. The van der Waals surface area contributed by atoms with Gasteiger partial charge in [-0.05, 0) is 56.1 Å². The molecule has 0 radical (unpaired) electrons. The predicted molar refractivity (Wildman–Crippen MR) is 135 cm³/mol. The van der Waals surface area contributed by atoms with E-state index < -0.39 is 0 Å². The highest BCUT2D eigenvalue weighted by atomic mass is 127. The zero-order chi connectivity index (χ0) is 20.5. The third-order valence-corrected chi connectivity index (χ3v) is 6.43. The van der Waals surface area contributed by atoms with Crippen LogP contribution in [0.1, 0.15) is 39.0 Å². The molecule has 1 aromatic carbocycles. The Bertz CT molecular complexity index is 666. The molecule has 0 aromatic heterocycles. The van der Waals surface area contributed by atoms with Crippen molar-refractivity contribution in [2.45, 2.75) is 39.0 Å². The highest BCUT2D eigenvalue weighted by molar-refractivity contribution is 14.0. The Morgan fingerprint density at radius 2 is 2.10 bits per heavy atom. The Morgan fingerprint density at radius 1 is 1.27 bits per heavy atom. The number of guanidine groups is 1. The van der Waals surface area contributed by atoms with Gasteiger partial charge < -0.3 is 25.0 Å². The van der Waals surface area contributed by atoms with E-state index in [-0.39, 0.29) is 24.0 Å². The fourth-order valence-corrected chi connectivity index (χ4v) is 4.35. The summed E-state index contributed by atoms with van der Waals surface area (Å²) in [4.78, 5) is 7.38. The van der Waals surface area contributed by atoms with E-state index in [9.17, 15) is 0 Å². The number of aliphatic imine (C=N–C) groups is 1. The number of halogens is 1. The second-order valence-electron chi connectivity index (χ2n) is 8.47. The lowest BCUT2D eigenvalue weighted by Crippen LogP contribution is -2.42. The molecule has 0 amide bonds. The van der Waals surface area contributed by atoms with Crippen molar-refractivity contribution in [2.24, 2.45) is 16.3 Å². The normalized spacial score (nSPS) is 20.3. The Kier molecular flexibility index (Phi) is 10.5. The molecule has 30 heavy (non-hydrogen) atoms. The van der Waals surface area contributed by atoms with Gasteiger partial charge in [-0.1, -0.05) is 12.5 Å². The van der Waals surface area contributed by atoms with Gasteiger partial charge >= 0.3 is 0 Å². The van der Waals surface area contributed by atoms with Gasteiger partial charge in [0.2, 0.25) is 0 Å². The van der Waals surface area contributed by atoms with Crippen molar-refractivity contribution in [3.63, 3.8) is 0 Å². The minimum atomic E-state index is 0. The van der Waals surface area contributed by atoms with Crippen LogP contribution in [0.4, 0.5) is 5.69 Å². The van der Waals surface area contributed by atoms with Gasteiger partial charge in [-0.25, -0.2) is 0 Å². The van der Waals surface area contributed by atoms with E-state index in [1.165, 1.54) is 31.4 Å². The minimum Gasteiger partial charge on any atom is -0.497 e. The highest BCUT2D eigenvalue weighted by Gasteiger charge is 2.36. The standard InChI is InChI=1S/C23H38N4O2.HI/c1-4-24-22(26-18-23(10-6-11-23)12-14-28-2)25-16-19-9-13-27(17-19)20-7-5-8-21(15-20)29-3;/h5,7-8,15,19H,4,6,9-14,16-18H2,1-3H3,(H2,24,25,26);1H. The predicted octanol–water partition coefficient (Wildman–Crippen LogP) is 3.90. The van der Waals surface area contributed by atoms with Crippen LogP contribution in [0, 0.1) is 11.3 Å². The van der Waals surface area contributed by atoms with Crippen LogP contribution in [0.3, 0.4) is 0 Å². The summed E-state index contributed by atoms with van der Waals surface area (Å²) in [6.45, 7) is 7.86. The maximum Gasteiger partial charge on any atom is 0.191 e.